The third kappa shape index (κ3) is 3.49. The van der Waals surface area contributed by atoms with E-state index in [0.717, 1.165) is 15.8 Å². The maximum absolute atomic E-state index is 12.1. The number of ether oxygens (including phenoxy) is 1. The highest BCUT2D eigenvalue weighted by atomic mass is 79.9. The summed E-state index contributed by atoms with van der Waals surface area (Å²) in [6, 6.07) is 9.75. The molecule has 4 heteroatoms. The van der Waals surface area contributed by atoms with Gasteiger partial charge in [-0.05, 0) is 44.4 Å². The van der Waals surface area contributed by atoms with Gasteiger partial charge >= 0.3 is 0 Å². The van der Waals surface area contributed by atoms with Crippen molar-refractivity contribution in [3.63, 3.8) is 0 Å². The van der Waals surface area contributed by atoms with Crippen LogP contribution in [0.5, 0.6) is 5.75 Å². The highest BCUT2D eigenvalue weighted by molar-refractivity contribution is 9.10. The second-order valence-corrected chi connectivity index (χ2v) is 7.33. The molecule has 1 heterocycles. The molecule has 0 saturated carbocycles. The molecule has 0 fully saturated rings. The van der Waals surface area contributed by atoms with Gasteiger partial charge in [-0.25, -0.2) is 0 Å². The number of halogens is 1. The zero-order valence-electron chi connectivity index (χ0n) is 11.8. The first-order chi connectivity index (χ1) is 9.39. The van der Waals surface area contributed by atoms with Crippen LogP contribution in [0, 0.1) is 0 Å². The van der Waals surface area contributed by atoms with Crippen molar-refractivity contribution in [1.29, 1.82) is 0 Å². The van der Waals surface area contributed by atoms with E-state index in [1.165, 1.54) is 11.3 Å². The first kappa shape index (κ1) is 15.3. The van der Waals surface area contributed by atoms with Crippen molar-refractivity contribution in [2.45, 2.75) is 26.2 Å². The van der Waals surface area contributed by atoms with Gasteiger partial charge in [0.2, 0.25) is 5.78 Å². The van der Waals surface area contributed by atoms with Crippen LogP contribution in [-0.2, 0) is 5.41 Å². The van der Waals surface area contributed by atoms with E-state index < -0.39 is 0 Å². The Morgan fingerprint density at radius 2 is 1.95 bits per heavy atom. The lowest BCUT2D eigenvalue weighted by Gasteiger charge is -2.22. The Balaban J connectivity index is 2.12. The Labute approximate surface area is 131 Å². The molecule has 0 aliphatic rings. The summed E-state index contributed by atoms with van der Waals surface area (Å²) in [7, 11) is 0. The molecule has 0 aliphatic carbocycles. The number of hydrogen-bond donors (Lipinski definition) is 0. The number of carbonyl (C=O) groups is 1. The molecule has 0 unspecified atom stereocenters. The molecule has 1 aromatic heterocycles. The summed E-state index contributed by atoms with van der Waals surface area (Å²) in [6.45, 7) is 6.46. The number of rotatable bonds is 4. The van der Waals surface area contributed by atoms with Crippen molar-refractivity contribution >= 4 is 33.0 Å². The van der Waals surface area contributed by atoms with Crippen LogP contribution in [0.2, 0.25) is 0 Å². The van der Waals surface area contributed by atoms with Crippen molar-refractivity contribution in [1.82, 2.24) is 0 Å². The third-order valence-electron chi connectivity index (χ3n) is 2.92. The van der Waals surface area contributed by atoms with Crippen LogP contribution < -0.4 is 4.74 Å². The summed E-state index contributed by atoms with van der Waals surface area (Å²) < 4.78 is 6.57. The summed E-state index contributed by atoms with van der Waals surface area (Å²) in [4.78, 5) is 12.8. The second kappa shape index (κ2) is 6.10. The molecule has 0 amide bonds. The molecule has 0 spiro atoms. The molecular formula is C16H17BrO2S. The Hall–Kier alpha value is -1.13. The summed E-state index contributed by atoms with van der Waals surface area (Å²) in [6.07, 6.45) is 0. The van der Waals surface area contributed by atoms with Gasteiger partial charge in [-0.1, -0.05) is 39.0 Å². The van der Waals surface area contributed by atoms with Crippen molar-refractivity contribution in [2.24, 2.45) is 0 Å². The highest BCUT2D eigenvalue weighted by Crippen LogP contribution is 2.31. The zero-order chi connectivity index (χ0) is 14.8. The zero-order valence-corrected chi connectivity index (χ0v) is 14.2. The average Bonchev–Trinajstić information content (AvgIpc) is 2.81. The van der Waals surface area contributed by atoms with Gasteiger partial charge in [0, 0.05) is 4.47 Å². The Bertz CT molecular complexity index is 611. The standard InChI is InChI=1S/C16H17BrO2S/c1-16(2,3)11-6-4-5-7-14(11)19-10-13(18)15-12(17)8-9-20-15/h4-9H,10H2,1-3H3. The number of benzene rings is 1. The van der Waals surface area contributed by atoms with Gasteiger partial charge in [-0.3, -0.25) is 4.79 Å². The van der Waals surface area contributed by atoms with Crippen LogP contribution in [0.4, 0.5) is 0 Å². The molecule has 2 rings (SSSR count). The van der Waals surface area contributed by atoms with E-state index in [2.05, 4.69) is 36.7 Å². The van der Waals surface area contributed by atoms with E-state index in [-0.39, 0.29) is 17.8 Å². The minimum Gasteiger partial charge on any atom is -0.485 e. The van der Waals surface area contributed by atoms with E-state index in [0.29, 0.717) is 4.88 Å². The summed E-state index contributed by atoms with van der Waals surface area (Å²) >= 11 is 4.80. The fraction of sp³-hybridized carbons (Fsp3) is 0.312. The van der Waals surface area contributed by atoms with E-state index >= 15 is 0 Å². The number of carbonyl (C=O) groups excluding carboxylic acids is 1. The molecule has 2 nitrogen and oxygen atoms in total. The molecule has 1 aromatic carbocycles. The number of ketones is 1. The Kier molecular flexibility index (Phi) is 4.66. The lowest BCUT2D eigenvalue weighted by atomic mass is 9.86. The maximum Gasteiger partial charge on any atom is 0.211 e. The maximum atomic E-state index is 12.1. The molecule has 0 saturated heterocycles. The molecule has 0 aliphatic heterocycles. The highest BCUT2D eigenvalue weighted by Gasteiger charge is 2.19. The topological polar surface area (TPSA) is 26.3 Å². The number of Topliss-reactive ketones (excluding diaryl/α,β-unsaturated/α-hetero) is 1. The lowest BCUT2D eigenvalue weighted by molar-refractivity contribution is 0.0923. The molecule has 106 valence electrons. The smallest absolute Gasteiger partial charge is 0.211 e. The van der Waals surface area contributed by atoms with Crippen molar-refractivity contribution in [3.05, 3.63) is 50.6 Å². The minimum atomic E-state index is -0.0108. The predicted octanol–water partition coefficient (Wildman–Crippen LogP) is 5.07. The fourth-order valence-corrected chi connectivity index (χ4v) is 3.43. The molecule has 20 heavy (non-hydrogen) atoms. The summed E-state index contributed by atoms with van der Waals surface area (Å²) in [5.74, 6) is 0.775. The number of hydrogen-bond acceptors (Lipinski definition) is 3. The fourth-order valence-electron chi connectivity index (χ4n) is 1.91. The monoisotopic (exact) mass is 352 g/mol. The SMILES string of the molecule is CC(C)(C)c1ccccc1OCC(=O)c1sccc1Br. The Morgan fingerprint density at radius 3 is 2.55 bits per heavy atom. The van der Waals surface area contributed by atoms with Crippen LogP contribution in [-0.4, -0.2) is 12.4 Å². The molecule has 0 radical (unpaired) electrons. The van der Waals surface area contributed by atoms with Crippen LogP contribution in [0.15, 0.2) is 40.2 Å². The average molecular weight is 353 g/mol. The predicted molar refractivity (Wildman–Crippen MR) is 87.0 cm³/mol. The number of para-hydroxylation sites is 1. The van der Waals surface area contributed by atoms with Gasteiger partial charge in [0.05, 0.1) is 4.88 Å². The van der Waals surface area contributed by atoms with Crippen LogP contribution in [0.25, 0.3) is 0 Å². The van der Waals surface area contributed by atoms with Crippen LogP contribution >= 0.6 is 27.3 Å². The van der Waals surface area contributed by atoms with E-state index in [1.54, 1.807) is 0 Å². The van der Waals surface area contributed by atoms with Crippen LogP contribution in [0.3, 0.4) is 0 Å². The number of thiophene rings is 1. The molecule has 0 atom stereocenters. The van der Waals surface area contributed by atoms with Crippen LogP contribution in [0.1, 0.15) is 36.0 Å². The quantitative estimate of drug-likeness (QED) is 0.718. The molecule has 0 N–H and O–H groups in total. The molecule has 2 aromatic rings. The lowest BCUT2D eigenvalue weighted by Crippen LogP contribution is -2.16. The van der Waals surface area contributed by atoms with Gasteiger partial charge in [0.25, 0.3) is 0 Å². The van der Waals surface area contributed by atoms with Crippen molar-refractivity contribution < 1.29 is 9.53 Å². The van der Waals surface area contributed by atoms with E-state index in [1.807, 2.05) is 35.7 Å². The van der Waals surface area contributed by atoms with Crippen molar-refractivity contribution in [3.8, 4) is 5.75 Å². The first-order valence-electron chi connectivity index (χ1n) is 6.38. The summed E-state index contributed by atoms with van der Waals surface area (Å²) in [5, 5.41) is 1.89. The van der Waals surface area contributed by atoms with E-state index in [9.17, 15) is 4.79 Å². The molecule has 0 bridgehead atoms. The third-order valence-corrected chi connectivity index (χ3v) is 4.80. The van der Waals surface area contributed by atoms with Gasteiger partial charge in [0.1, 0.15) is 5.75 Å². The molecular weight excluding hydrogens is 336 g/mol. The van der Waals surface area contributed by atoms with Crippen molar-refractivity contribution in [2.75, 3.05) is 6.61 Å². The normalized spacial score (nSPS) is 11.4. The second-order valence-electron chi connectivity index (χ2n) is 5.56. The summed E-state index contributed by atoms with van der Waals surface area (Å²) in [5.41, 5.74) is 1.10. The largest absolute Gasteiger partial charge is 0.485 e. The minimum absolute atomic E-state index is 0.00409. The van der Waals surface area contributed by atoms with Gasteiger partial charge < -0.3 is 4.74 Å². The van der Waals surface area contributed by atoms with Gasteiger partial charge in [0.15, 0.2) is 6.61 Å². The Morgan fingerprint density at radius 1 is 1.25 bits per heavy atom. The van der Waals surface area contributed by atoms with Gasteiger partial charge in [-0.2, -0.15) is 0 Å². The van der Waals surface area contributed by atoms with E-state index in [4.69, 9.17) is 4.74 Å². The first-order valence-corrected chi connectivity index (χ1v) is 8.05. The van der Waals surface area contributed by atoms with Gasteiger partial charge in [-0.15, -0.1) is 11.3 Å².